The van der Waals surface area contributed by atoms with Gasteiger partial charge in [0.15, 0.2) is 17.5 Å². The Balaban J connectivity index is 1.01. The average Bonchev–Trinajstić information content (AvgIpc) is 3.59. The second kappa shape index (κ2) is 13.3. The van der Waals surface area contributed by atoms with E-state index in [-0.39, 0.29) is 36.6 Å². The van der Waals surface area contributed by atoms with Gasteiger partial charge in [-0.25, -0.2) is 14.2 Å². The molecule has 13 nitrogen and oxygen atoms in total. The fourth-order valence-electron chi connectivity index (χ4n) is 6.31. The van der Waals surface area contributed by atoms with Crippen LogP contribution < -0.4 is 10.4 Å². The summed E-state index contributed by atoms with van der Waals surface area (Å²) >= 11 is 0. The second-order valence-corrected chi connectivity index (χ2v) is 11.8. The predicted molar refractivity (Wildman–Crippen MR) is 161 cm³/mol. The van der Waals surface area contributed by atoms with E-state index in [2.05, 4.69) is 10.1 Å². The van der Waals surface area contributed by atoms with Crippen molar-refractivity contribution in [2.45, 2.75) is 76.9 Å². The zero-order valence-corrected chi connectivity index (χ0v) is 25.5. The van der Waals surface area contributed by atoms with E-state index in [1.807, 2.05) is 6.92 Å². The number of carbonyl (C=O) groups is 2. The SMILES string of the molecule is Cc1nc2n(c(=O)c1CCN1CCC(c3noc4cc(F)ccc34)CC1)CCCC2OC(=O)CCCC(=O)On1c(O)ccc1O. The number of benzene rings is 1. The number of esters is 1. The van der Waals surface area contributed by atoms with Gasteiger partial charge in [0.05, 0.1) is 5.69 Å². The standard InChI is InChI=1S/C32H36FN5O8/c1-19-22(13-17-36-15-11-20(12-16-36)30-23-8-7-21(33)18-25(23)45-35-30)32(43)37-14-3-4-24(31(37)34-19)44-28(41)5-2-6-29(42)46-38-26(39)9-10-27(38)40/h7-10,18,20,24,39-40H,2-6,11-17H2,1H3. The topological polar surface area (TPSA) is 162 Å². The van der Waals surface area contributed by atoms with Crippen molar-refractivity contribution >= 4 is 22.9 Å². The first-order valence-corrected chi connectivity index (χ1v) is 15.6. The molecule has 1 aromatic carbocycles. The van der Waals surface area contributed by atoms with Gasteiger partial charge < -0.3 is 29.2 Å². The fraction of sp³-hybridized carbons (Fsp3) is 0.469. The van der Waals surface area contributed by atoms with Crippen LogP contribution in [0.5, 0.6) is 11.8 Å². The van der Waals surface area contributed by atoms with Crippen molar-refractivity contribution in [3.8, 4) is 11.8 Å². The predicted octanol–water partition coefficient (Wildman–Crippen LogP) is 3.67. The lowest BCUT2D eigenvalue weighted by molar-refractivity contribution is -0.151. The Hall–Kier alpha value is -4.72. The Bertz CT molecular complexity index is 1790. The van der Waals surface area contributed by atoms with Crippen LogP contribution in [0.1, 0.15) is 79.7 Å². The molecule has 2 aliphatic rings. The quantitative estimate of drug-likeness (QED) is 0.244. The van der Waals surface area contributed by atoms with E-state index in [1.165, 1.54) is 24.3 Å². The molecule has 0 radical (unpaired) electrons. The molecule has 0 amide bonds. The number of ether oxygens (including phenoxy) is 1. The van der Waals surface area contributed by atoms with Gasteiger partial charge >= 0.3 is 11.9 Å². The number of piperidine rings is 1. The summed E-state index contributed by atoms with van der Waals surface area (Å²) in [5.74, 6) is -1.81. The molecule has 0 saturated carbocycles. The smallest absolute Gasteiger partial charge is 0.333 e. The van der Waals surface area contributed by atoms with Gasteiger partial charge in [-0.15, -0.1) is 4.73 Å². The molecule has 1 saturated heterocycles. The third-order valence-corrected chi connectivity index (χ3v) is 8.78. The number of aromatic hydroxyl groups is 2. The highest BCUT2D eigenvalue weighted by Crippen LogP contribution is 2.33. The van der Waals surface area contributed by atoms with E-state index >= 15 is 0 Å². The molecule has 4 aromatic rings. The number of rotatable bonds is 10. The third-order valence-electron chi connectivity index (χ3n) is 8.78. The molecule has 1 atom stereocenters. The Morgan fingerprint density at radius 1 is 1.04 bits per heavy atom. The van der Waals surface area contributed by atoms with Crippen LogP contribution in [0.2, 0.25) is 0 Å². The van der Waals surface area contributed by atoms with Crippen molar-refractivity contribution in [1.82, 2.24) is 24.3 Å². The van der Waals surface area contributed by atoms with Crippen molar-refractivity contribution in [2.75, 3.05) is 19.6 Å². The van der Waals surface area contributed by atoms with Crippen LogP contribution in [0.25, 0.3) is 11.0 Å². The molecule has 1 fully saturated rings. The zero-order chi connectivity index (χ0) is 32.4. The maximum atomic E-state index is 13.5. The first kappa shape index (κ1) is 31.3. The van der Waals surface area contributed by atoms with Crippen LogP contribution in [0.4, 0.5) is 4.39 Å². The molecule has 2 N–H and O–H groups in total. The summed E-state index contributed by atoms with van der Waals surface area (Å²) in [6.45, 7) is 4.69. The van der Waals surface area contributed by atoms with Gasteiger partial charge in [-0.2, -0.15) is 0 Å². The van der Waals surface area contributed by atoms with E-state index in [0.717, 1.165) is 37.0 Å². The highest BCUT2D eigenvalue weighted by molar-refractivity contribution is 5.80. The summed E-state index contributed by atoms with van der Waals surface area (Å²) in [7, 11) is 0. The number of aromatic nitrogens is 4. The summed E-state index contributed by atoms with van der Waals surface area (Å²) < 4.78 is 26.8. The molecule has 2 aliphatic heterocycles. The van der Waals surface area contributed by atoms with Gasteiger partial charge in [0.2, 0.25) is 11.8 Å². The summed E-state index contributed by atoms with van der Waals surface area (Å²) in [6.07, 6.45) is 2.79. The van der Waals surface area contributed by atoms with Gasteiger partial charge in [0.1, 0.15) is 5.82 Å². The Morgan fingerprint density at radius 3 is 2.54 bits per heavy atom. The van der Waals surface area contributed by atoms with Crippen molar-refractivity contribution in [1.29, 1.82) is 0 Å². The van der Waals surface area contributed by atoms with Crippen molar-refractivity contribution < 1.29 is 38.3 Å². The molecule has 3 aromatic heterocycles. The molecular weight excluding hydrogens is 601 g/mol. The highest BCUT2D eigenvalue weighted by Gasteiger charge is 2.29. The van der Waals surface area contributed by atoms with Crippen LogP contribution in [-0.2, 0) is 27.3 Å². The molecule has 0 bridgehead atoms. The Labute approximate surface area is 263 Å². The number of halogens is 1. The lowest BCUT2D eigenvalue weighted by Crippen LogP contribution is -2.38. The van der Waals surface area contributed by atoms with E-state index in [4.69, 9.17) is 19.1 Å². The molecule has 1 unspecified atom stereocenters. The number of hydrogen-bond donors (Lipinski definition) is 2. The molecule has 0 spiro atoms. The largest absolute Gasteiger partial charge is 0.492 e. The van der Waals surface area contributed by atoms with E-state index in [1.54, 1.807) is 10.6 Å². The normalized spacial score (nSPS) is 17.2. The summed E-state index contributed by atoms with van der Waals surface area (Å²) in [6, 6.07) is 6.85. The van der Waals surface area contributed by atoms with Gasteiger partial charge in [-0.05, 0) is 70.7 Å². The van der Waals surface area contributed by atoms with E-state index in [9.17, 15) is 29.0 Å². The van der Waals surface area contributed by atoms with Crippen molar-refractivity contribution in [3.05, 3.63) is 69.3 Å². The summed E-state index contributed by atoms with van der Waals surface area (Å²) in [4.78, 5) is 50.1. The first-order chi connectivity index (χ1) is 22.2. The third kappa shape index (κ3) is 6.62. The number of nitrogens with zero attached hydrogens (tertiary/aromatic N) is 5. The van der Waals surface area contributed by atoms with Gasteiger partial charge in [0, 0.05) is 66.7 Å². The molecule has 14 heteroatoms. The minimum Gasteiger partial charge on any atom is -0.492 e. The molecule has 5 heterocycles. The van der Waals surface area contributed by atoms with Gasteiger partial charge in [0.25, 0.3) is 5.56 Å². The van der Waals surface area contributed by atoms with Crippen molar-refractivity contribution in [2.24, 2.45) is 0 Å². The van der Waals surface area contributed by atoms with Crippen molar-refractivity contribution in [3.63, 3.8) is 0 Å². The minimum absolute atomic E-state index is 0.0569. The Kier molecular flexibility index (Phi) is 9.06. The highest BCUT2D eigenvalue weighted by atomic mass is 19.1. The van der Waals surface area contributed by atoms with E-state index in [0.29, 0.717) is 59.7 Å². The maximum Gasteiger partial charge on any atom is 0.333 e. The molecular formula is C32H36FN5O8. The number of aryl methyl sites for hydroxylation is 1. The van der Waals surface area contributed by atoms with Gasteiger partial charge in [-0.3, -0.25) is 14.2 Å². The fourth-order valence-corrected chi connectivity index (χ4v) is 6.31. The van der Waals surface area contributed by atoms with Gasteiger partial charge in [-0.1, -0.05) is 5.16 Å². The van der Waals surface area contributed by atoms with Crippen LogP contribution >= 0.6 is 0 Å². The number of hydrogen-bond acceptors (Lipinski definition) is 11. The summed E-state index contributed by atoms with van der Waals surface area (Å²) in [5, 5.41) is 24.2. The lowest BCUT2D eigenvalue weighted by Gasteiger charge is -2.31. The number of likely N-dealkylation sites (tertiary alicyclic amines) is 1. The zero-order valence-electron chi connectivity index (χ0n) is 25.5. The number of carbonyl (C=O) groups excluding carboxylic acids is 2. The first-order valence-electron chi connectivity index (χ1n) is 15.6. The second-order valence-electron chi connectivity index (χ2n) is 11.8. The van der Waals surface area contributed by atoms with Crippen LogP contribution in [0.3, 0.4) is 0 Å². The Morgan fingerprint density at radius 2 is 1.78 bits per heavy atom. The monoisotopic (exact) mass is 637 g/mol. The molecule has 46 heavy (non-hydrogen) atoms. The lowest BCUT2D eigenvalue weighted by atomic mass is 9.91. The van der Waals surface area contributed by atoms with Crippen LogP contribution in [0.15, 0.2) is 39.6 Å². The summed E-state index contributed by atoms with van der Waals surface area (Å²) in [5.41, 5.74) is 2.49. The van der Waals surface area contributed by atoms with E-state index < -0.39 is 29.8 Å². The number of fused-ring (bicyclic) bond motifs is 2. The average molecular weight is 638 g/mol. The molecule has 244 valence electrons. The maximum absolute atomic E-state index is 13.5. The minimum atomic E-state index is -0.736. The molecule has 6 rings (SSSR count). The van der Waals surface area contributed by atoms with Crippen LogP contribution in [0, 0.1) is 12.7 Å². The van der Waals surface area contributed by atoms with Crippen LogP contribution in [-0.4, -0.2) is 66.1 Å². The molecule has 0 aliphatic carbocycles.